The fourth-order valence-electron chi connectivity index (χ4n) is 7.29. The van der Waals surface area contributed by atoms with Crippen molar-refractivity contribution in [3.63, 3.8) is 0 Å². The van der Waals surface area contributed by atoms with Crippen LogP contribution in [0.5, 0.6) is 0 Å². The molecule has 0 saturated carbocycles. The molecule has 0 atom stereocenters. The van der Waals surface area contributed by atoms with Crippen LogP contribution in [0.25, 0.3) is 11.1 Å². The molecule has 0 aliphatic heterocycles. The van der Waals surface area contributed by atoms with Gasteiger partial charge in [0, 0.05) is 34.1 Å². The Morgan fingerprint density at radius 2 is 0.593 bits per heavy atom. The highest BCUT2D eigenvalue weighted by atomic mass is 15.1. The van der Waals surface area contributed by atoms with E-state index in [4.69, 9.17) is 0 Å². The average Bonchev–Trinajstić information content (AvgIpc) is 3.23. The van der Waals surface area contributed by atoms with Gasteiger partial charge in [-0.3, -0.25) is 0 Å². The molecule has 2 nitrogen and oxygen atoms in total. The first-order valence-electron chi connectivity index (χ1n) is 20.8. The van der Waals surface area contributed by atoms with Gasteiger partial charge in [-0.1, -0.05) is 126 Å². The molecule has 0 fully saturated rings. The van der Waals surface area contributed by atoms with Crippen LogP contribution in [0.2, 0.25) is 0 Å². The Morgan fingerprint density at radius 3 is 0.907 bits per heavy atom. The smallest absolute Gasteiger partial charge is 0.0467 e. The second-order valence-corrected chi connectivity index (χ2v) is 14.8. The molecule has 0 heterocycles. The van der Waals surface area contributed by atoms with Crippen molar-refractivity contribution in [3.8, 4) is 11.1 Å². The Bertz CT molecular complexity index is 1870. The van der Waals surface area contributed by atoms with E-state index in [1.165, 1.54) is 107 Å². The van der Waals surface area contributed by atoms with Crippen LogP contribution < -0.4 is 9.80 Å². The summed E-state index contributed by atoms with van der Waals surface area (Å²) in [6.07, 6.45) is 14.2. The number of benzene rings is 6. The molecule has 0 N–H and O–H groups in total. The predicted molar refractivity (Wildman–Crippen MR) is 236 cm³/mol. The first-order valence-corrected chi connectivity index (χ1v) is 20.8. The first kappa shape index (κ1) is 38.6. The molecule has 0 bridgehead atoms. The molecule has 6 rings (SSSR count). The maximum Gasteiger partial charge on any atom is 0.0467 e. The molecule has 54 heavy (non-hydrogen) atoms. The van der Waals surface area contributed by atoms with Crippen LogP contribution in [0.3, 0.4) is 0 Å². The summed E-state index contributed by atoms with van der Waals surface area (Å²) < 4.78 is 0. The molecule has 0 spiro atoms. The lowest BCUT2D eigenvalue weighted by Gasteiger charge is -2.27. The van der Waals surface area contributed by atoms with Gasteiger partial charge in [0.25, 0.3) is 0 Å². The van der Waals surface area contributed by atoms with E-state index in [0.29, 0.717) is 0 Å². The molecule has 278 valence electrons. The molecule has 0 radical (unpaired) electrons. The van der Waals surface area contributed by atoms with Crippen molar-refractivity contribution in [1.29, 1.82) is 0 Å². The SMILES string of the molecule is CCCCc1ccc(N(c2ccc(CCCC)cc2)c2ccc(-c3cccc(N(c4ccc(CCCC)cc4)c4ccc(CCCC)cc4)c3)cc2)cc1. The van der Waals surface area contributed by atoms with Crippen LogP contribution in [0.15, 0.2) is 146 Å². The predicted octanol–water partition coefficient (Wildman–Crippen LogP) is 15.7. The Morgan fingerprint density at radius 1 is 0.296 bits per heavy atom. The van der Waals surface area contributed by atoms with Crippen LogP contribution in [-0.2, 0) is 25.7 Å². The van der Waals surface area contributed by atoms with Crippen molar-refractivity contribution in [1.82, 2.24) is 0 Å². The third-order valence-electron chi connectivity index (χ3n) is 10.6. The summed E-state index contributed by atoms with van der Waals surface area (Å²) in [5.74, 6) is 0. The Balaban J connectivity index is 1.32. The van der Waals surface area contributed by atoms with Crippen molar-refractivity contribution in [2.75, 3.05) is 9.80 Å². The normalized spacial score (nSPS) is 11.1. The van der Waals surface area contributed by atoms with E-state index in [1.807, 2.05) is 0 Å². The fraction of sp³-hybridized carbons (Fsp3) is 0.308. The summed E-state index contributed by atoms with van der Waals surface area (Å²) in [6, 6.07) is 54.9. The summed E-state index contributed by atoms with van der Waals surface area (Å²) in [5.41, 5.74) is 15.1. The molecule has 0 saturated heterocycles. The number of nitrogens with zero attached hydrogens (tertiary/aromatic N) is 2. The zero-order valence-corrected chi connectivity index (χ0v) is 33.2. The maximum atomic E-state index is 2.40. The number of aryl methyl sites for hydroxylation is 4. The van der Waals surface area contributed by atoms with E-state index in [2.05, 4.69) is 183 Å². The summed E-state index contributed by atoms with van der Waals surface area (Å²) in [4.78, 5) is 4.80. The summed E-state index contributed by atoms with van der Waals surface area (Å²) >= 11 is 0. The number of anilines is 6. The molecule has 0 aromatic heterocycles. The maximum absolute atomic E-state index is 2.40. The minimum absolute atomic E-state index is 1.13. The van der Waals surface area contributed by atoms with Crippen molar-refractivity contribution >= 4 is 34.1 Å². The average molecular weight is 713 g/mol. The fourth-order valence-corrected chi connectivity index (χ4v) is 7.29. The van der Waals surface area contributed by atoms with Gasteiger partial charge in [-0.05, 0) is 158 Å². The monoisotopic (exact) mass is 712 g/mol. The molecule has 0 aliphatic rings. The molecular formula is C52H60N2. The molecule has 6 aromatic carbocycles. The van der Waals surface area contributed by atoms with Crippen LogP contribution in [0.4, 0.5) is 34.1 Å². The number of rotatable bonds is 19. The van der Waals surface area contributed by atoms with E-state index in [-0.39, 0.29) is 0 Å². The van der Waals surface area contributed by atoms with Gasteiger partial charge in [0.05, 0.1) is 0 Å². The van der Waals surface area contributed by atoms with Crippen LogP contribution in [0.1, 0.15) is 101 Å². The molecular weight excluding hydrogens is 653 g/mol. The van der Waals surface area contributed by atoms with Crippen molar-refractivity contribution in [2.24, 2.45) is 0 Å². The van der Waals surface area contributed by atoms with Gasteiger partial charge in [0.1, 0.15) is 0 Å². The number of unbranched alkanes of at least 4 members (excludes halogenated alkanes) is 4. The van der Waals surface area contributed by atoms with Gasteiger partial charge < -0.3 is 9.80 Å². The summed E-state index contributed by atoms with van der Waals surface area (Å²) in [5, 5.41) is 0. The Hall–Kier alpha value is -5.08. The quantitative estimate of drug-likeness (QED) is 0.0825. The standard InChI is InChI=1S/C52H60N2/c1-5-9-14-41-20-30-47(31-21-41)53(48-32-22-42(23-33-48)15-10-6-2)51-38-28-45(29-39-51)46-18-13-19-52(40-46)54(49-34-24-43(25-35-49)16-11-7-3)50-36-26-44(27-37-50)17-12-8-4/h13,18-40H,5-12,14-17H2,1-4H3. The van der Waals surface area contributed by atoms with E-state index in [9.17, 15) is 0 Å². The topological polar surface area (TPSA) is 6.48 Å². The van der Waals surface area contributed by atoms with E-state index in [0.717, 1.165) is 37.1 Å². The van der Waals surface area contributed by atoms with Crippen LogP contribution >= 0.6 is 0 Å². The lowest BCUT2D eigenvalue weighted by molar-refractivity contribution is 0.795. The highest BCUT2D eigenvalue weighted by Crippen LogP contribution is 2.39. The van der Waals surface area contributed by atoms with Crippen molar-refractivity contribution in [2.45, 2.75) is 105 Å². The highest BCUT2D eigenvalue weighted by molar-refractivity contribution is 5.82. The lowest BCUT2D eigenvalue weighted by atomic mass is 10.0. The largest absolute Gasteiger partial charge is 0.311 e. The van der Waals surface area contributed by atoms with E-state index < -0.39 is 0 Å². The van der Waals surface area contributed by atoms with Gasteiger partial charge >= 0.3 is 0 Å². The third-order valence-corrected chi connectivity index (χ3v) is 10.6. The summed E-state index contributed by atoms with van der Waals surface area (Å²) in [7, 11) is 0. The third kappa shape index (κ3) is 10.1. The van der Waals surface area contributed by atoms with E-state index in [1.54, 1.807) is 0 Å². The molecule has 2 heteroatoms. The number of hydrogen-bond acceptors (Lipinski definition) is 2. The highest BCUT2D eigenvalue weighted by Gasteiger charge is 2.16. The lowest BCUT2D eigenvalue weighted by Crippen LogP contribution is -2.10. The van der Waals surface area contributed by atoms with Crippen molar-refractivity contribution in [3.05, 3.63) is 168 Å². The minimum atomic E-state index is 1.13. The second-order valence-electron chi connectivity index (χ2n) is 14.8. The van der Waals surface area contributed by atoms with Crippen molar-refractivity contribution < 1.29 is 0 Å². The molecule has 6 aromatic rings. The van der Waals surface area contributed by atoms with E-state index >= 15 is 0 Å². The number of hydrogen-bond donors (Lipinski definition) is 0. The van der Waals surface area contributed by atoms with Gasteiger partial charge in [0.2, 0.25) is 0 Å². The van der Waals surface area contributed by atoms with Crippen LogP contribution in [-0.4, -0.2) is 0 Å². The first-order chi connectivity index (χ1) is 26.6. The zero-order valence-electron chi connectivity index (χ0n) is 33.2. The van der Waals surface area contributed by atoms with Crippen LogP contribution in [0, 0.1) is 0 Å². The van der Waals surface area contributed by atoms with Gasteiger partial charge in [-0.25, -0.2) is 0 Å². The molecule has 0 unspecified atom stereocenters. The van der Waals surface area contributed by atoms with Gasteiger partial charge in [0.15, 0.2) is 0 Å². The Labute approximate surface area is 326 Å². The van der Waals surface area contributed by atoms with Gasteiger partial charge in [-0.2, -0.15) is 0 Å². The Kier molecular flexibility index (Phi) is 14.2. The van der Waals surface area contributed by atoms with Gasteiger partial charge in [-0.15, -0.1) is 0 Å². The second kappa shape index (κ2) is 19.8. The zero-order chi connectivity index (χ0) is 37.5. The summed E-state index contributed by atoms with van der Waals surface area (Å²) in [6.45, 7) is 9.04. The molecule has 0 amide bonds. The molecule has 0 aliphatic carbocycles. The minimum Gasteiger partial charge on any atom is -0.311 e.